The molecule has 1 aliphatic heterocycles. The minimum Gasteiger partial charge on any atom is -0.296 e. The van der Waals surface area contributed by atoms with E-state index in [1.807, 2.05) is 6.07 Å². The number of benzene rings is 2. The summed E-state index contributed by atoms with van der Waals surface area (Å²) in [7, 11) is -3.36. The van der Waals surface area contributed by atoms with Gasteiger partial charge >= 0.3 is 0 Å². The zero-order valence-electron chi connectivity index (χ0n) is 14.1. The van der Waals surface area contributed by atoms with Gasteiger partial charge in [-0.3, -0.25) is 4.90 Å². The van der Waals surface area contributed by atoms with Crippen LogP contribution in [0.25, 0.3) is 0 Å². The molecule has 1 fully saturated rings. The van der Waals surface area contributed by atoms with Crippen LogP contribution < -0.4 is 0 Å². The second kappa shape index (κ2) is 7.47. The molecule has 5 heteroatoms. The third-order valence-corrected chi connectivity index (χ3v) is 6.46. The maximum atomic E-state index is 12.6. The molecule has 0 atom stereocenters. The van der Waals surface area contributed by atoms with Gasteiger partial charge in [0.25, 0.3) is 0 Å². The summed E-state index contributed by atoms with van der Waals surface area (Å²) in [5.41, 5.74) is 2.63. The van der Waals surface area contributed by atoms with Crippen molar-refractivity contribution in [2.24, 2.45) is 0 Å². The third kappa shape index (κ3) is 3.86. The Labute approximate surface area is 144 Å². The van der Waals surface area contributed by atoms with Gasteiger partial charge in [0.05, 0.1) is 4.90 Å². The number of hydrogen-bond donors (Lipinski definition) is 0. The van der Waals surface area contributed by atoms with Crippen molar-refractivity contribution in [2.45, 2.75) is 24.8 Å². The number of hydrogen-bond acceptors (Lipinski definition) is 3. The molecule has 1 aliphatic rings. The summed E-state index contributed by atoms with van der Waals surface area (Å²) in [6, 6.07) is 17.4. The van der Waals surface area contributed by atoms with Crippen LogP contribution in [-0.2, 0) is 23.0 Å². The minimum absolute atomic E-state index is 0.383. The first-order valence-corrected chi connectivity index (χ1v) is 9.89. The summed E-state index contributed by atoms with van der Waals surface area (Å²) >= 11 is 0. The van der Waals surface area contributed by atoms with Crippen LogP contribution in [-0.4, -0.2) is 43.8 Å². The molecule has 128 valence electrons. The summed E-state index contributed by atoms with van der Waals surface area (Å²) in [6.07, 6.45) is 1.05. The molecule has 0 saturated carbocycles. The van der Waals surface area contributed by atoms with Crippen LogP contribution >= 0.6 is 0 Å². The van der Waals surface area contributed by atoms with Crippen LogP contribution in [0, 0.1) is 0 Å². The van der Waals surface area contributed by atoms with Crippen molar-refractivity contribution in [3.63, 3.8) is 0 Å². The van der Waals surface area contributed by atoms with E-state index in [0.717, 1.165) is 26.1 Å². The fourth-order valence-electron chi connectivity index (χ4n) is 3.01. The van der Waals surface area contributed by atoms with Crippen LogP contribution in [0.2, 0.25) is 0 Å². The Hall–Kier alpha value is -1.69. The molecular weight excluding hydrogens is 320 g/mol. The van der Waals surface area contributed by atoms with E-state index in [0.29, 0.717) is 18.0 Å². The average Bonchev–Trinajstić information content (AvgIpc) is 2.63. The minimum atomic E-state index is -3.36. The fourth-order valence-corrected chi connectivity index (χ4v) is 4.45. The van der Waals surface area contributed by atoms with Gasteiger partial charge in [0.2, 0.25) is 10.0 Å². The summed E-state index contributed by atoms with van der Waals surface area (Å²) < 4.78 is 26.9. The summed E-state index contributed by atoms with van der Waals surface area (Å²) in [4.78, 5) is 2.70. The highest BCUT2D eigenvalue weighted by Gasteiger charge is 2.28. The zero-order chi connectivity index (χ0) is 17.0. The largest absolute Gasteiger partial charge is 0.296 e. The predicted molar refractivity (Wildman–Crippen MR) is 96.3 cm³/mol. The topological polar surface area (TPSA) is 40.6 Å². The molecule has 0 aliphatic carbocycles. The molecule has 0 bridgehead atoms. The van der Waals surface area contributed by atoms with Gasteiger partial charge in [0.15, 0.2) is 0 Å². The van der Waals surface area contributed by atoms with Gasteiger partial charge in [-0.25, -0.2) is 8.42 Å². The van der Waals surface area contributed by atoms with Gasteiger partial charge in [-0.1, -0.05) is 49.4 Å². The predicted octanol–water partition coefficient (Wildman–Crippen LogP) is 2.76. The van der Waals surface area contributed by atoms with Crippen LogP contribution in [0.3, 0.4) is 0 Å². The van der Waals surface area contributed by atoms with Gasteiger partial charge < -0.3 is 0 Å². The van der Waals surface area contributed by atoms with E-state index in [4.69, 9.17) is 0 Å². The van der Waals surface area contributed by atoms with Crippen molar-refractivity contribution in [3.8, 4) is 0 Å². The van der Waals surface area contributed by atoms with Gasteiger partial charge in [0.1, 0.15) is 0 Å². The van der Waals surface area contributed by atoms with Crippen LogP contribution in [0.4, 0.5) is 0 Å². The summed E-state index contributed by atoms with van der Waals surface area (Å²) in [5, 5.41) is 0. The van der Waals surface area contributed by atoms with Gasteiger partial charge in [-0.15, -0.1) is 0 Å². The molecule has 1 heterocycles. The molecule has 0 amide bonds. The lowest BCUT2D eigenvalue weighted by Gasteiger charge is -2.34. The average molecular weight is 344 g/mol. The van der Waals surface area contributed by atoms with Crippen LogP contribution in [0.1, 0.15) is 18.1 Å². The first-order valence-electron chi connectivity index (χ1n) is 8.45. The number of nitrogens with zero attached hydrogens (tertiary/aromatic N) is 2. The molecule has 0 N–H and O–H groups in total. The molecule has 2 aromatic rings. The molecule has 3 rings (SSSR count). The van der Waals surface area contributed by atoms with E-state index in [9.17, 15) is 8.42 Å². The Morgan fingerprint density at radius 1 is 0.833 bits per heavy atom. The van der Waals surface area contributed by atoms with Crippen molar-refractivity contribution in [2.75, 3.05) is 26.2 Å². The lowest BCUT2D eigenvalue weighted by molar-refractivity contribution is 0.181. The number of rotatable bonds is 5. The van der Waals surface area contributed by atoms with Crippen molar-refractivity contribution >= 4 is 10.0 Å². The Morgan fingerprint density at radius 3 is 2.00 bits per heavy atom. The van der Waals surface area contributed by atoms with E-state index in [2.05, 4.69) is 36.1 Å². The number of aryl methyl sites for hydroxylation is 1. The Balaban J connectivity index is 1.59. The Bertz CT molecular complexity index is 750. The molecule has 1 saturated heterocycles. The van der Waals surface area contributed by atoms with E-state index in [1.54, 1.807) is 28.6 Å². The van der Waals surface area contributed by atoms with Crippen LogP contribution in [0.5, 0.6) is 0 Å². The lowest BCUT2D eigenvalue weighted by atomic mass is 10.1. The number of piperazine rings is 1. The fraction of sp³-hybridized carbons (Fsp3) is 0.368. The molecule has 0 unspecified atom stereocenters. The Kier molecular flexibility index (Phi) is 5.33. The maximum Gasteiger partial charge on any atom is 0.243 e. The normalized spacial score (nSPS) is 17.0. The molecule has 0 aromatic heterocycles. The molecular formula is C19H24N2O2S. The third-order valence-electron chi connectivity index (χ3n) is 4.55. The van der Waals surface area contributed by atoms with Crippen molar-refractivity contribution in [1.82, 2.24) is 9.21 Å². The molecule has 24 heavy (non-hydrogen) atoms. The first-order chi connectivity index (χ1) is 11.6. The second-order valence-corrected chi connectivity index (χ2v) is 8.10. The second-order valence-electron chi connectivity index (χ2n) is 6.16. The molecule has 0 spiro atoms. The standard InChI is InChI=1S/C19H24N2O2S/c1-2-17-8-10-18(11-9-17)16-20-12-14-21(15-13-20)24(22,23)19-6-4-3-5-7-19/h3-11H,2,12-16H2,1H3. The molecule has 0 radical (unpaired) electrons. The van der Waals surface area contributed by atoms with Crippen molar-refractivity contribution in [3.05, 3.63) is 65.7 Å². The highest BCUT2D eigenvalue weighted by Crippen LogP contribution is 2.18. The van der Waals surface area contributed by atoms with Crippen LogP contribution in [0.15, 0.2) is 59.5 Å². The van der Waals surface area contributed by atoms with Gasteiger partial charge in [0, 0.05) is 32.7 Å². The molecule has 2 aromatic carbocycles. The highest BCUT2D eigenvalue weighted by molar-refractivity contribution is 7.89. The highest BCUT2D eigenvalue weighted by atomic mass is 32.2. The van der Waals surface area contributed by atoms with Crippen molar-refractivity contribution in [1.29, 1.82) is 0 Å². The lowest BCUT2D eigenvalue weighted by Crippen LogP contribution is -2.48. The molecule has 4 nitrogen and oxygen atoms in total. The monoisotopic (exact) mass is 344 g/mol. The van der Waals surface area contributed by atoms with E-state index in [-0.39, 0.29) is 0 Å². The number of sulfonamides is 1. The smallest absolute Gasteiger partial charge is 0.243 e. The van der Waals surface area contributed by atoms with E-state index in [1.165, 1.54) is 11.1 Å². The van der Waals surface area contributed by atoms with E-state index < -0.39 is 10.0 Å². The quantitative estimate of drug-likeness (QED) is 0.837. The summed E-state index contributed by atoms with van der Waals surface area (Å²) in [5.74, 6) is 0. The van der Waals surface area contributed by atoms with Gasteiger partial charge in [-0.2, -0.15) is 4.31 Å². The summed E-state index contributed by atoms with van der Waals surface area (Å²) in [6.45, 7) is 5.66. The Morgan fingerprint density at radius 2 is 1.42 bits per heavy atom. The first kappa shape index (κ1) is 17.1. The van der Waals surface area contributed by atoms with E-state index >= 15 is 0 Å². The SMILES string of the molecule is CCc1ccc(CN2CCN(S(=O)(=O)c3ccccc3)CC2)cc1. The van der Waals surface area contributed by atoms with Gasteiger partial charge in [-0.05, 0) is 29.7 Å². The van der Waals surface area contributed by atoms with Crippen molar-refractivity contribution < 1.29 is 8.42 Å². The maximum absolute atomic E-state index is 12.6. The zero-order valence-corrected chi connectivity index (χ0v) is 14.9.